The molecule has 2 aromatic carbocycles. The smallest absolute Gasteiger partial charge is 0.237 e. The molecule has 0 spiro atoms. The van der Waals surface area contributed by atoms with E-state index in [-0.39, 0.29) is 23.5 Å². The van der Waals surface area contributed by atoms with Crippen LogP contribution in [-0.2, 0) is 22.6 Å². The van der Waals surface area contributed by atoms with Gasteiger partial charge in [-0.05, 0) is 51.0 Å². The summed E-state index contributed by atoms with van der Waals surface area (Å²) in [6.45, 7) is 4.89. The number of hydrogen-bond acceptors (Lipinski definition) is 5. The molecule has 0 bridgehead atoms. The van der Waals surface area contributed by atoms with E-state index < -0.39 is 0 Å². The van der Waals surface area contributed by atoms with Gasteiger partial charge in [0.1, 0.15) is 5.82 Å². The summed E-state index contributed by atoms with van der Waals surface area (Å²) in [5, 5.41) is 14.3. The van der Waals surface area contributed by atoms with Gasteiger partial charge in [0, 0.05) is 52.9 Å². The van der Waals surface area contributed by atoms with Crippen molar-refractivity contribution in [2.45, 2.75) is 62.5 Å². The van der Waals surface area contributed by atoms with Crippen molar-refractivity contribution in [1.29, 1.82) is 0 Å². The number of primary amides is 1. The molecule has 2 heterocycles. The number of hydrogen-bond donors (Lipinski definition) is 2. The number of aryl methyl sites for hydroxylation is 2. The molecule has 1 aliphatic carbocycles. The van der Waals surface area contributed by atoms with Crippen LogP contribution < -0.4 is 11.1 Å². The number of rotatable bonds is 9. The Bertz CT molecular complexity index is 1390. The van der Waals surface area contributed by atoms with Crippen LogP contribution in [0.4, 0.5) is 5.69 Å². The molecule has 176 valence electrons. The Balaban J connectivity index is 1.34. The number of amides is 2. The highest BCUT2D eigenvalue weighted by Crippen LogP contribution is 2.40. The van der Waals surface area contributed by atoms with Crippen LogP contribution >= 0.6 is 11.8 Å². The Morgan fingerprint density at radius 1 is 1.15 bits per heavy atom. The van der Waals surface area contributed by atoms with Crippen LogP contribution in [0.5, 0.6) is 0 Å². The summed E-state index contributed by atoms with van der Waals surface area (Å²) in [7, 11) is 0. The molecule has 1 atom stereocenters. The number of fused-ring (bicyclic) bond motifs is 3. The summed E-state index contributed by atoms with van der Waals surface area (Å²) in [6, 6.07) is 14.8. The fourth-order valence-corrected chi connectivity index (χ4v) is 5.36. The molecule has 3 N–H and O–H groups in total. The van der Waals surface area contributed by atoms with Gasteiger partial charge in [-0.2, -0.15) is 0 Å². The number of para-hydroxylation sites is 1. The van der Waals surface area contributed by atoms with Crippen molar-refractivity contribution < 1.29 is 9.59 Å². The minimum absolute atomic E-state index is 0.0902. The molecule has 34 heavy (non-hydrogen) atoms. The third kappa shape index (κ3) is 4.27. The number of nitrogens with one attached hydrogen (secondary N) is 1. The van der Waals surface area contributed by atoms with Gasteiger partial charge in [-0.3, -0.25) is 9.59 Å². The van der Waals surface area contributed by atoms with Crippen LogP contribution in [0.3, 0.4) is 0 Å². The van der Waals surface area contributed by atoms with E-state index in [1.807, 2.05) is 25.1 Å². The van der Waals surface area contributed by atoms with E-state index in [1.165, 1.54) is 22.7 Å². The highest BCUT2D eigenvalue weighted by Gasteiger charge is 2.31. The van der Waals surface area contributed by atoms with Crippen LogP contribution in [0, 0.1) is 0 Å². The van der Waals surface area contributed by atoms with Gasteiger partial charge in [-0.15, -0.1) is 10.2 Å². The average molecular weight is 477 g/mol. The molecule has 4 aromatic rings. The van der Waals surface area contributed by atoms with Crippen LogP contribution in [0.1, 0.15) is 45.0 Å². The van der Waals surface area contributed by atoms with Gasteiger partial charge in [0.05, 0.1) is 5.25 Å². The van der Waals surface area contributed by atoms with Crippen molar-refractivity contribution in [1.82, 2.24) is 19.3 Å². The van der Waals surface area contributed by atoms with E-state index in [2.05, 4.69) is 55.8 Å². The number of carbonyl (C=O) groups excluding carboxylic acids is 2. The molecule has 1 aliphatic rings. The first-order valence-electron chi connectivity index (χ1n) is 11.7. The topological polar surface area (TPSA) is 108 Å². The maximum absolute atomic E-state index is 13.0. The molecule has 1 fully saturated rings. The molecule has 0 radical (unpaired) electrons. The van der Waals surface area contributed by atoms with E-state index in [9.17, 15) is 9.59 Å². The number of thioether (sulfide) groups is 1. The van der Waals surface area contributed by atoms with Crippen LogP contribution in [0.2, 0.25) is 0 Å². The van der Waals surface area contributed by atoms with Crippen molar-refractivity contribution in [2.24, 2.45) is 5.73 Å². The van der Waals surface area contributed by atoms with E-state index in [0.29, 0.717) is 17.6 Å². The summed E-state index contributed by atoms with van der Waals surface area (Å²) in [4.78, 5) is 24.2. The number of nitrogens with two attached hydrogens (primary N) is 1. The highest BCUT2D eigenvalue weighted by atomic mass is 32.2. The number of anilines is 1. The molecule has 0 saturated heterocycles. The summed E-state index contributed by atoms with van der Waals surface area (Å²) in [6.07, 6.45) is 2.82. The van der Waals surface area contributed by atoms with Crippen molar-refractivity contribution in [3.8, 4) is 0 Å². The zero-order valence-electron chi connectivity index (χ0n) is 19.3. The van der Waals surface area contributed by atoms with Crippen LogP contribution in [0.25, 0.3) is 21.8 Å². The van der Waals surface area contributed by atoms with Gasteiger partial charge in [0.2, 0.25) is 11.8 Å². The third-order valence-electron chi connectivity index (χ3n) is 6.25. The van der Waals surface area contributed by atoms with Crippen molar-refractivity contribution in [3.05, 3.63) is 48.3 Å². The lowest BCUT2D eigenvalue weighted by molar-refractivity contribution is -0.118. The SMILES string of the molecule is CCn1c2ccccc2c2cc(NC(=O)[C@H](C)Sc3nnc(CCC(N)=O)n3C3CC3)ccc21. The van der Waals surface area contributed by atoms with Gasteiger partial charge >= 0.3 is 0 Å². The second-order valence-corrected chi connectivity index (χ2v) is 10.0. The van der Waals surface area contributed by atoms with Gasteiger partial charge in [0.15, 0.2) is 5.16 Å². The maximum Gasteiger partial charge on any atom is 0.237 e. The molecular formula is C25H28N6O2S. The summed E-state index contributed by atoms with van der Waals surface area (Å²) in [5.41, 5.74) is 8.43. The highest BCUT2D eigenvalue weighted by molar-refractivity contribution is 8.00. The van der Waals surface area contributed by atoms with Crippen LogP contribution in [0.15, 0.2) is 47.6 Å². The Hall–Kier alpha value is -3.33. The fourth-order valence-electron chi connectivity index (χ4n) is 4.42. The fraction of sp³-hybridized carbons (Fsp3) is 0.360. The van der Waals surface area contributed by atoms with Crippen molar-refractivity contribution in [2.75, 3.05) is 5.32 Å². The zero-order chi connectivity index (χ0) is 23.8. The minimum atomic E-state index is -0.363. The lowest BCUT2D eigenvalue weighted by atomic mass is 10.1. The van der Waals surface area contributed by atoms with E-state index in [0.717, 1.165) is 41.8 Å². The molecular weight excluding hydrogens is 448 g/mol. The van der Waals surface area contributed by atoms with E-state index >= 15 is 0 Å². The summed E-state index contributed by atoms with van der Waals surface area (Å²) in [5.74, 6) is 0.313. The minimum Gasteiger partial charge on any atom is -0.370 e. The van der Waals surface area contributed by atoms with Gasteiger partial charge in [-0.25, -0.2) is 0 Å². The van der Waals surface area contributed by atoms with Gasteiger partial charge < -0.3 is 20.2 Å². The number of aromatic nitrogens is 4. The van der Waals surface area contributed by atoms with Crippen molar-refractivity contribution in [3.63, 3.8) is 0 Å². The number of nitrogens with zero attached hydrogens (tertiary/aromatic N) is 4. The lowest BCUT2D eigenvalue weighted by Gasteiger charge is -2.13. The van der Waals surface area contributed by atoms with E-state index in [1.54, 1.807) is 0 Å². The number of carbonyl (C=O) groups is 2. The third-order valence-corrected chi connectivity index (χ3v) is 7.31. The molecule has 8 nitrogen and oxygen atoms in total. The molecule has 5 rings (SSSR count). The van der Waals surface area contributed by atoms with Crippen molar-refractivity contribution >= 4 is 51.1 Å². The van der Waals surface area contributed by atoms with Gasteiger partial charge in [-0.1, -0.05) is 30.0 Å². The zero-order valence-corrected chi connectivity index (χ0v) is 20.1. The first kappa shape index (κ1) is 22.5. The molecule has 1 saturated carbocycles. The predicted molar refractivity (Wildman–Crippen MR) is 135 cm³/mol. The largest absolute Gasteiger partial charge is 0.370 e. The second kappa shape index (κ2) is 9.13. The molecule has 0 unspecified atom stereocenters. The summed E-state index contributed by atoms with van der Waals surface area (Å²) < 4.78 is 4.36. The van der Waals surface area contributed by atoms with E-state index in [4.69, 9.17) is 5.73 Å². The van der Waals surface area contributed by atoms with Crippen LogP contribution in [-0.4, -0.2) is 36.4 Å². The second-order valence-electron chi connectivity index (χ2n) is 8.71. The Labute approximate surface area is 201 Å². The molecule has 0 aliphatic heterocycles. The Morgan fingerprint density at radius 2 is 1.91 bits per heavy atom. The quantitative estimate of drug-likeness (QED) is 0.351. The lowest BCUT2D eigenvalue weighted by Crippen LogP contribution is -2.23. The average Bonchev–Trinajstić information content (AvgIpc) is 3.51. The molecule has 2 aromatic heterocycles. The monoisotopic (exact) mass is 476 g/mol. The Kier molecular flexibility index (Phi) is 6.03. The predicted octanol–water partition coefficient (Wildman–Crippen LogP) is 4.28. The normalized spacial score (nSPS) is 14.5. The molecule has 9 heteroatoms. The number of benzene rings is 2. The Morgan fingerprint density at radius 3 is 2.65 bits per heavy atom. The van der Waals surface area contributed by atoms with Gasteiger partial charge in [0.25, 0.3) is 0 Å². The first-order valence-corrected chi connectivity index (χ1v) is 12.5. The maximum atomic E-state index is 13.0. The first-order chi connectivity index (χ1) is 16.5. The summed E-state index contributed by atoms with van der Waals surface area (Å²) >= 11 is 1.39. The standard InChI is InChI=1S/C25H28N6O2S/c1-3-30-20-7-5-4-6-18(20)19-14-16(8-11-21(19)30)27-24(33)15(2)34-25-29-28-23(13-12-22(26)32)31(25)17-9-10-17/h4-8,11,14-15,17H,3,9-10,12-13H2,1-2H3,(H2,26,32)(H,27,33)/t15-/m0/s1. The molecule has 2 amide bonds.